The van der Waals surface area contributed by atoms with Gasteiger partial charge in [-0.1, -0.05) is 22.8 Å². The van der Waals surface area contributed by atoms with Crippen LogP contribution in [0.25, 0.3) is 0 Å². The predicted octanol–water partition coefficient (Wildman–Crippen LogP) is 2.02. The zero-order valence-electron chi connectivity index (χ0n) is 11.3. The molecule has 1 aliphatic heterocycles. The molecule has 0 spiro atoms. The zero-order valence-corrected chi connectivity index (χ0v) is 12.0. The fourth-order valence-corrected chi connectivity index (χ4v) is 2.66. The normalized spacial score (nSPS) is 17.9. The third kappa shape index (κ3) is 2.92. The first kappa shape index (κ1) is 14.4. The average molecular weight is 312 g/mol. The maximum absolute atomic E-state index is 13.7. The number of aromatic nitrogens is 2. The highest BCUT2D eigenvalue weighted by Crippen LogP contribution is 2.29. The summed E-state index contributed by atoms with van der Waals surface area (Å²) in [7, 11) is 0. The van der Waals surface area contributed by atoms with Gasteiger partial charge in [0.15, 0.2) is 5.82 Å². The van der Waals surface area contributed by atoms with Crippen LogP contribution in [-0.4, -0.2) is 28.3 Å². The molecule has 7 heteroatoms. The van der Waals surface area contributed by atoms with Crippen LogP contribution in [0.15, 0.2) is 22.7 Å². The molecular formula is C14H15ClFN3O2. The largest absolute Gasteiger partial charge is 0.380 e. The number of piperidine rings is 1. The lowest BCUT2D eigenvalue weighted by Crippen LogP contribution is -2.39. The number of benzene rings is 1. The van der Waals surface area contributed by atoms with E-state index in [0.717, 1.165) is 0 Å². The zero-order chi connectivity index (χ0) is 14.9. The van der Waals surface area contributed by atoms with E-state index in [0.29, 0.717) is 42.3 Å². The van der Waals surface area contributed by atoms with Crippen molar-refractivity contribution in [3.05, 3.63) is 46.3 Å². The lowest BCUT2D eigenvalue weighted by molar-refractivity contribution is -0.0228. The van der Waals surface area contributed by atoms with Crippen molar-refractivity contribution in [2.24, 2.45) is 0 Å². The summed E-state index contributed by atoms with van der Waals surface area (Å²) in [6.45, 7) is 1.38. The molecule has 1 aromatic heterocycles. The number of hydrogen-bond acceptors (Lipinski definition) is 5. The fraction of sp³-hybridized carbons (Fsp3) is 0.429. The highest BCUT2D eigenvalue weighted by atomic mass is 35.5. The van der Waals surface area contributed by atoms with Gasteiger partial charge in [0.25, 0.3) is 5.89 Å². The summed E-state index contributed by atoms with van der Waals surface area (Å²) in [5.41, 5.74) is -0.779. The topological polar surface area (TPSA) is 71.2 Å². The Morgan fingerprint density at radius 2 is 2.14 bits per heavy atom. The van der Waals surface area contributed by atoms with Crippen molar-refractivity contribution < 1.29 is 14.0 Å². The average Bonchev–Trinajstić information content (AvgIpc) is 2.93. The molecule has 1 aromatic carbocycles. The Hall–Kier alpha value is -1.50. The van der Waals surface area contributed by atoms with Crippen LogP contribution in [0.4, 0.5) is 4.39 Å². The van der Waals surface area contributed by atoms with Crippen molar-refractivity contribution in [1.29, 1.82) is 0 Å². The number of aliphatic hydroxyl groups is 1. The number of nitrogens with zero attached hydrogens (tertiary/aromatic N) is 2. The Labute approximate surface area is 126 Å². The van der Waals surface area contributed by atoms with Gasteiger partial charge >= 0.3 is 0 Å². The van der Waals surface area contributed by atoms with Crippen LogP contribution in [-0.2, 0) is 12.0 Å². The first-order chi connectivity index (χ1) is 10.1. The molecule has 2 heterocycles. The van der Waals surface area contributed by atoms with Gasteiger partial charge < -0.3 is 14.9 Å². The fourth-order valence-electron chi connectivity index (χ4n) is 2.43. The molecule has 1 aliphatic rings. The summed E-state index contributed by atoms with van der Waals surface area (Å²) < 4.78 is 18.9. The van der Waals surface area contributed by atoms with Gasteiger partial charge in [-0.05, 0) is 38.1 Å². The molecule has 3 rings (SSSR count). The standard InChI is InChI=1S/C14H15ClFN3O2/c15-10-2-1-3-11(16)9(10)8-12-18-13(21-19-12)14(20)4-6-17-7-5-14/h1-3,17,20H,4-8H2. The molecule has 0 saturated carbocycles. The monoisotopic (exact) mass is 311 g/mol. The Bertz CT molecular complexity index is 621. The molecule has 1 fully saturated rings. The van der Waals surface area contributed by atoms with Crippen LogP contribution in [0.5, 0.6) is 0 Å². The predicted molar refractivity (Wildman–Crippen MR) is 74.5 cm³/mol. The van der Waals surface area contributed by atoms with Crippen LogP contribution in [0, 0.1) is 5.82 Å². The second kappa shape index (κ2) is 5.71. The van der Waals surface area contributed by atoms with Crippen LogP contribution in [0.3, 0.4) is 0 Å². The van der Waals surface area contributed by atoms with Crippen molar-refractivity contribution in [2.45, 2.75) is 24.9 Å². The molecule has 0 aliphatic carbocycles. The van der Waals surface area contributed by atoms with Gasteiger partial charge in [0, 0.05) is 17.0 Å². The van der Waals surface area contributed by atoms with E-state index in [-0.39, 0.29) is 12.3 Å². The summed E-state index contributed by atoms with van der Waals surface area (Å²) in [6.07, 6.45) is 1.15. The molecule has 5 nitrogen and oxygen atoms in total. The highest BCUT2D eigenvalue weighted by Gasteiger charge is 2.37. The molecule has 0 unspecified atom stereocenters. The van der Waals surface area contributed by atoms with Crippen LogP contribution < -0.4 is 5.32 Å². The molecule has 1 saturated heterocycles. The van der Waals surface area contributed by atoms with E-state index in [9.17, 15) is 9.50 Å². The molecule has 21 heavy (non-hydrogen) atoms. The minimum absolute atomic E-state index is 0.128. The summed E-state index contributed by atoms with van der Waals surface area (Å²) >= 11 is 5.98. The highest BCUT2D eigenvalue weighted by molar-refractivity contribution is 6.31. The van der Waals surface area contributed by atoms with Crippen molar-refractivity contribution in [3.8, 4) is 0 Å². The van der Waals surface area contributed by atoms with Gasteiger partial charge in [-0.3, -0.25) is 0 Å². The Morgan fingerprint density at radius 3 is 2.86 bits per heavy atom. The minimum atomic E-state index is -1.10. The van der Waals surface area contributed by atoms with E-state index < -0.39 is 11.4 Å². The van der Waals surface area contributed by atoms with Gasteiger partial charge in [0.2, 0.25) is 0 Å². The first-order valence-corrected chi connectivity index (χ1v) is 7.15. The summed E-state index contributed by atoms with van der Waals surface area (Å²) in [5, 5.41) is 17.8. The van der Waals surface area contributed by atoms with E-state index >= 15 is 0 Å². The number of halogens is 2. The molecule has 2 N–H and O–H groups in total. The van der Waals surface area contributed by atoms with E-state index in [2.05, 4.69) is 15.5 Å². The Morgan fingerprint density at radius 1 is 1.38 bits per heavy atom. The third-order valence-corrected chi connectivity index (χ3v) is 4.05. The Balaban J connectivity index is 1.82. The number of rotatable bonds is 3. The molecule has 2 aromatic rings. The molecule has 0 amide bonds. The second-order valence-electron chi connectivity index (χ2n) is 5.17. The summed E-state index contributed by atoms with van der Waals surface area (Å²) in [4.78, 5) is 4.20. The maximum Gasteiger partial charge on any atom is 0.258 e. The van der Waals surface area contributed by atoms with Gasteiger partial charge in [0.1, 0.15) is 11.4 Å². The van der Waals surface area contributed by atoms with E-state index in [1.54, 1.807) is 12.1 Å². The van der Waals surface area contributed by atoms with Crippen molar-refractivity contribution >= 4 is 11.6 Å². The molecular weight excluding hydrogens is 297 g/mol. The van der Waals surface area contributed by atoms with Gasteiger partial charge in [-0.25, -0.2) is 4.39 Å². The molecule has 0 radical (unpaired) electrons. The molecule has 112 valence electrons. The molecule has 0 atom stereocenters. The van der Waals surface area contributed by atoms with E-state index in [1.165, 1.54) is 6.07 Å². The van der Waals surface area contributed by atoms with Crippen molar-refractivity contribution in [2.75, 3.05) is 13.1 Å². The summed E-state index contributed by atoms with van der Waals surface area (Å²) in [6, 6.07) is 4.49. The second-order valence-corrected chi connectivity index (χ2v) is 5.58. The van der Waals surface area contributed by atoms with Crippen LogP contribution >= 0.6 is 11.6 Å². The number of hydrogen-bond donors (Lipinski definition) is 2. The van der Waals surface area contributed by atoms with Crippen LogP contribution in [0.1, 0.15) is 30.1 Å². The third-order valence-electron chi connectivity index (χ3n) is 3.69. The lowest BCUT2D eigenvalue weighted by atomic mass is 9.92. The van der Waals surface area contributed by atoms with Crippen molar-refractivity contribution in [3.63, 3.8) is 0 Å². The van der Waals surface area contributed by atoms with Gasteiger partial charge in [-0.15, -0.1) is 0 Å². The van der Waals surface area contributed by atoms with Gasteiger partial charge in [0.05, 0.1) is 0 Å². The van der Waals surface area contributed by atoms with Crippen LogP contribution in [0.2, 0.25) is 5.02 Å². The smallest absolute Gasteiger partial charge is 0.258 e. The minimum Gasteiger partial charge on any atom is -0.380 e. The summed E-state index contributed by atoms with van der Waals surface area (Å²) in [5.74, 6) is 0.0878. The van der Waals surface area contributed by atoms with Crippen molar-refractivity contribution in [1.82, 2.24) is 15.5 Å². The van der Waals surface area contributed by atoms with Gasteiger partial charge in [-0.2, -0.15) is 4.98 Å². The SMILES string of the molecule is OC1(c2nc(Cc3c(F)cccc3Cl)no2)CCNCC1. The first-order valence-electron chi connectivity index (χ1n) is 6.77. The quantitative estimate of drug-likeness (QED) is 0.907. The maximum atomic E-state index is 13.7. The van der Waals surface area contributed by atoms with E-state index in [1.807, 2.05) is 0 Å². The lowest BCUT2D eigenvalue weighted by Gasteiger charge is -2.28. The Kier molecular flexibility index (Phi) is 3.93. The molecule has 0 bridgehead atoms. The number of nitrogens with one attached hydrogen (secondary N) is 1. The van der Waals surface area contributed by atoms with E-state index in [4.69, 9.17) is 16.1 Å².